The van der Waals surface area contributed by atoms with Crippen molar-refractivity contribution in [3.05, 3.63) is 32.6 Å². The summed E-state index contributed by atoms with van der Waals surface area (Å²) in [6.45, 7) is 3.26. The van der Waals surface area contributed by atoms with Crippen LogP contribution in [0.3, 0.4) is 0 Å². The van der Waals surface area contributed by atoms with Crippen molar-refractivity contribution in [1.29, 1.82) is 0 Å². The Morgan fingerprint density at radius 3 is 2.43 bits per heavy atom. The molecule has 37 heavy (non-hydrogen) atoms. The highest BCUT2D eigenvalue weighted by atomic mass is 31.2. The Balaban J connectivity index is 1.62. The van der Waals surface area contributed by atoms with Crippen molar-refractivity contribution in [3.8, 4) is 0 Å². The number of phosphoric ester groups is 1. The van der Waals surface area contributed by atoms with Crippen LogP contribution >= 0.6 is 7.82 Å². The summed E-state index contributed by atoms with van der Waals surface area (Å²) in [5, 5.41) is 0. The molecule has 0 aliphatic carbocycles. The number of aromatic nitrogens is 2. The normalized spacial score (nSPS) is 29.1. The van der Waals surface area contributed by atoms with Crippen LogP contribution in [-0.2, 0) is 51.5 Å². The van der Waals surface area contributed by atoms with Gasteiger partial charge in [-0.25, -0.2) is 15.3 Å². The van der Waals surface area contributed by atoms with Gasteiger partial charge in [0, 0.05) is 45.6 Å². The Bertz CT molecular complexity index is 1140. The lowest BCUT2D eigenvalue weighted by Gasteiger charge is -2.23. The average molecular weight is 551 g/mol. The van der Waals surface area contributed by atoms with E-state index in [1.807, 2.05) is 0 Å². The van der Waals surface area contributed by atoms with Crippen LogP contribution < -0.4 is 17.1 Å². The van der Waals surface area contributed by atoms with Gasteiger partial charge in [-0.05, 0) is 6.92 Å². The zero-order chi connectivity index (χ0) is 27.3. The van der Waals surface area contributed by atoms with Crippen LogP contribution in [0.25, 0.3) is 0 Å². The molecule has 0 saturated carbocycles. The van der Waals surface area contributed by atoms with Crippen LogP contribution in [0.15, 0.2) is 15.8 Å². The standard InChI is InChI=1S/C20H30N3O13P/c1-10-7-23(20(27)22-18(10)26)16-6-14(36-21)15(34-16)9-31-37(28,29-4)30-8-13-5-17(32-11(2)24)35-19(13)33-12(3)25/h7,13-17,19H,5-6,8-9,21H2,1-4H3,(H,22,26,27)/t13-,14+,15+,16+,17?,19?,37?/m0/s1. The third kappa shape index (κ3) is 7.55. The van der Waals surface area contributed by atoms with E-state index in [0.717, 1.165) is 7.11 Å². The fraction of sp³-hybridized carbons (Fsp3) is 0.700. The molecule has 0 amide bonds. The summed E-state index contributed by atoms with van der Waals surface area (Å²) in [5.74, 6) is 3.49. The topological polar surface area (TPSA) is 206 Å². The molecule has 3 rings (SSSR count). The largest absolute Gasteiger partial charge is 0.474 e. The Kier molecular flexibility index (Phi) is 9.77. The number of aromatic amines is 1. The third-order valence-electron chi connectivity index (χ3n) is 5.62. The fourth-order valence-corrected chi connectivity index (χ4v) is 4.82. The minimum absolute atomic E-state index is 0.102. The zero-order valence-electron chi connectivity index (χ0n) is 20.6. The van der Waals surface area contributed by atoms with Crippen LogP contribution in [0, 0.1) is 12.8 Å². The molecular weight excluding hydrogens is 521 g/mol. The number of ether oxygens (including phenoxy) is 4. The van der Waals surface area contributed by atoms with Gasteiger partial charge >= 0.3 is 25.5 Å². The number of rotatable bonds is 11. The SMILES string of the molecule is COP(=O)(OC[C@@H]1CC(OC(C)=O)OC1OC(C)=O)OC[C@H]1O[C@@H](n2cc(C)c(=O)[nH]c2=O)C[C@H]1ON. The zero-order valence-corrected chi connectivity index (χ0v) is 21.5. The Morgan fingerprint density at radius 2 is 1.81 bits per heavy atom. The van der Waals surface area contributed by atoms with Gasteiger partial charge in [-0.2, -0.15) is 0 Å². The summed E-state index contributed by atoms with van der Waals surface area (Å²) in [4.78, 5) is 53.6. The molecule has 17 heteroatoms. The molecular formula is C20H30N3O13P. The lowest BCUT2D eigenvalue weighted by molar-refractivity contribution is -0.212. The number of nitrogens with two attached hydrogens (primary N) is 1. The second-order valence-electron chi connectivity index (χ2n) is 8.39. The first-order valence-corrected chi connectivity index (χ1v) is 12.7. The number of carbonyl (C=O) groups is 2. The fourth-order valence-electron chi connectivity index (χ4n) is 3.83. The molecule has 2 aliphatic rings. The molecule has 2 fully saturated rings. The van der Waals surface area contributed by atoms with Crippen molar-refractivity contribution in [2.24, 2.45) is 11.8 Å². The van der Waals surface area contributed by atoms with Crippen molar-refractivity contribution in [3.63, 3.8) is 0 Å². The average Bonchev–Trinajstić information content (AvgIpc) is 3.41. The van der Waals surface area contributed by atoms with E-state index in [2.05, 4.69) is 4.98 Å². The summed E-state index contributed by atoms with van der Waals surface area (Å²) in [6.07, 6.45) is -2.98. The second kappa shape index (κ2) is 12.4. The van der Waals surface area contributed by atoms with Crippen LogP contribution in [0.2, 0.25) is 0 Å². The Morgan fingerprint density at radius 1 is 1.14 bits per heavy atom. The first kappa shape index (κ1) is 29.1. The van der Waals surface area contributed by atoms with E-state index in [1.165, 1.54) is 31.5 Å². The maximum atomic E-state index is 13.0. The monoisotopic (exact) mass is 551 g/mol. The summed E-state index contributed by atoms with van der Waals surface area (Å²) in [6, 6.07) is 0. The van der Waals surface area contributed by atoms with Crippen LogP contribution in [-0.4, -0.2) is 66.6 Å². The molecule has 2 aliphatic heterocycles. The Hall–Kier alpha value is -2.43. The van der Waals surface area contributed by atoms with Crippen LogP contribution in [0.4, 0.5) is 0 Å². The quantitative estimate of drug-likeness (QED) is 0.211. The minimum atomic E-state index is -4.16. The van der Waals surface area contributed by atoms with Gasteiger partial charge < -0.3 is 18.9 Å². The predicted molar refractivity (Wildman–Crippen MR) is 120 cm³/mol. The number of nitrogens with zero attached hydrogens (tertiary/aromatic N) is 1. The molecule has 3 heterocycles. The molecule has 0 bridgehead atoms. The van der Waals surface area contributed by atoms with E-state index < -0.39 is 67.9 Å². The molecule has 0 spiro atoms. The number of phosphoric acid groups is 1. The summed E-state index contributed by atoms with van der Waals surface area (Å²) >= 11 is 0. The molecule has 3 N–H and O–H groups in total. The smallest absolute Gasteiger partial charge is 0.436 e. The van der Waals surface area contributed by atoms with E-state index in [4.69, 9.17) is 43.3 Å². The van der Waals surface area contributed by atoms with Crippen LogP contribution in [0.1, 0.15) is 38.5 Å². The highest BCUT2D eigenvalue weighted by Crippen LogP contribution is 2.50. The first-order valence-electron chi connectivity index (χ1n) is 11.2. The summed E-state index contributed by atoms with van der Waals surface area (Å²) in [7, 11) is -3.06. The van der Waals surface area contributed by atoms with E-state index in [9.17, 15) is 23.7 Å². The van der Waals surface area contributed by atoms with Crippen molar-refractivity contribution in [2.75, 3.05) is 20.3 Å². The van der Waals surface area contributed by atoms with E-state index in [0.29, 0.717) is 5.56 Å². The van der Waals surface area contributed by atoms with Crippen molar-refractivity contribution >= 4 is 19.8 Å². The summed E-state index contributed by atoms with van der Waals surface area (Å²) in [5.41, 5.74) is -0.909. The maximum absolute atomic E-state index is 13.0. The summed E-state index contributed by atoms with van der Waals surface area (Å²) < 4.78 is 51.2. The molecule has 0 radical (unpaired) electrons. The van der Waals surface area contributed by atoms with Crippen molar-refractivity contribution in [1.82, 2.24) is 9.55 Å². The number of esters is 2. The number of hydrogen-bond acceptors (Lipinski definition) is 14. The lowest BCUT2D eigenvalue weighted by Crippen LogP contribution is -2.33. The molecule has 0 aromatic carbocycles. The number of hydrogen-bond donors (Lipinski definition) is 2. The van der Waals surface area contributed by atoms with Gasteiger partial charge in [0.25, 0.3) is 5.56 Å². The molecule has 2 saturated heterocycles. The molecule has 1 aromatic heterocycles. The number of aryl methyl sites for hydroxylation is 1. The molecule has 3 unspecified atom stereocenters. The maximum Gasteiger partial charge on any atom is 0.474 e. The van der Waals surface area contributed by atoms with Gasteiger partial charge in [0.15, 0.2) is 0 Å². The van der Waals surface area contributed by atoms with Gasteiger partial charge in [0.05, 0.1) is 19.1 Å². The van der Waals surface area contributed by atoms with E-state index in [1.54, 1.807) is 0 Å². The number of nitrogens with one attached hydrogen (secondary N) is 1. The van der Waals surface area contributed by atoms with E-state index in [-0.39, 0.29) is 26.1 Å². The first-order chi connectivity index (χ1) is 17.4. The molecule has 16 nitrogen and oxygen atoms in total. The van der Waals surface area contributed by atoms with Gasteiger partial charge in [0.1, 0.15) is 18.4 Å². The Labute approximate surface area is 210 Å². The highest BCUT2D eigenvalue weighted by Gasteiger charge is 2.43. The number of carbonyl (C=O) groups excluding carboxylic acids is 2. The van der Waals surface area contributed by atoms with Crippen molar-refractivity contribution in [2.45, 2.75) is 64.6 Å². The molecule has 7 atom stereocenters. The third-order valence-corrected chi connectivity index (χ3v) is 7.00. The van der Waals surface area contributed by atoms with Crippen molar-refractivity contribution < 1.29 is 51.5 Å². The van der Waals surface area contributed by atoms with Gasteiger partial charge in [0.2, 0.25) is 12.6 Å². The second-order valence-corrected chi connectivity index (χ2v) is 10.2. The molecule has 1 aromatic rings. The highest BCUT2D eigenvalue weighted by molar-refractivity contribution is 7.48. The van der Waals surface area contributed by atoms with Gasteiger partial charge in [-0.1, -0.05) is 0 Å². The predicted octanol–water partition coefficient (Wildman–Crippen LogP) is -0.00598. The lowest BCUT2D eigenvalue weighted by atomic mass is 10.1. The van der Waals surface area contributed by atoms with Gasteiger partial charge in [-0.3, -0.25) is 42.3 Å². The molecule has 208 valence electrons. The van der Waals surface area contributed by atoms with E-state index >= 15 is 0 Å². The number of H-pyrrole nitrogens is 1. The van der Waals surface area contributed by atoms with Gasteiger partial charge in [-0.15, -0.1) is 0 Å². The van der Waals surface area contributed by atoms with Crippen LogP contribution in [0.5, 0.6) is 0 Å². The minimum Gasteiger partial charge on any atom is -0.436 e.